The minimum atomic E-state index is -0.362. The molecule has 0 bridgehead atoms. The van der Waals surface area contributed by atoms with E-state index in [0.29, 0.717) is 11.4 Å². The fourth-order valence-electron chi connectivity index (χ4n) is 1.86. The number of rotatable bonds is 4. The van der Waals surface area contributed by atoms with Gasteiger partial charge in [-0.25, -0.2) is 9.97 Å². The Morgan fingerprint density at radius 1 is 0.667 bits per heavy atom. The van der Waals surface area contributed by atoms with Crippen molar-refractivity contribution in [3.8, 4) is 0 Å². The first-order valence-electron chi connectivity index (χ1n) is 6.97. The van der Waals surface area contributed by atoms with Gasteiger partial charge in [-0.05, 0) is 24.3 Å². The molecule has 0 atom stereocenters. The van der Waals surface area contributed by atoms with Crippen LogP contribution in [0.4, 0.5) is 11.4 Å². The molecule has 8 heteroatoms. The van der Waals surface area contributed by atoms with E-state index in [2.05, 4.69) is 30.6 Å². The lowest BCUT2D eigenvalue weighted by Gasteiger charge is -2.07. The molecule has 24 heavy (non-hydrogen) atoms. The first-order chi connectivity index (χ1) is 11.7. The summed E-state index contributed by atoms with van der Waals surface area (Å²) in [6, 6.07) is 6.67. The van der Waals surface area contributed by atoms with E-state index in [1.165, 1.54) is 37.2 Å². The van der Waals surface area contributed by atoms with Crippen molar-refractivity contribution in [2.24, 2.45) is 0 Å². The van der Waals surface area contributed by atoms with E-state index in [4.69, 9.17) is 0 Å². The predicted molar refractivity (Wildman–Crippen MR) is 86.4 cm³/mol. The van der Waals surface area contributed by atoms with Crippen LogP contribution in [0.25, 0.3) is 0 Å². The highest BCUT2D eigenvalue weighted by Gasteiger charge is 2.09. The topological polar surface area (TPSA) is 110 Å². The summed E-state index contributed by atoms with van der Waals surface area (Å²) in [5.74, 6) is -0.723. The molecule has 3 rings (SSSR count). The molecule has 2 N–H and O–H groups in total. The Balaban J connectivity index is 1.63. The number of hydrogen-bond acceptors (Lipinski definition) is 6. The van der Waals surface area contributed by atoms with Crippen molar-refractivity contribution < 1.29 is 9.59 Å². The first kappa shape index (κ1) is 15.2. The Kier molecular flexibility index (Phi) is 4.47. The van der Waals surface area contributed by atoms with E-state index in [-0.39, 0.29) is 23.2 Å². The van der Waals surface area contributed by atoms with Crippen LogP contribution in [0.15, 0.2) is 61.4 Å². The Morgan fingerprint density at radius 3 is 1.42 bits per heavy atom. The monoisotopic (exact) mass is 320 g/mol. The SMILES string of the molecule is O=C(Nc1ccc(NC(=O)c2cnccn2)cc1)c1cnccn1. The third-order valence-corrected chi connectivity index (χ3v) is 2.99. The summed E-state index contributed by atoms with van der Waals surface area (Å²) < 4.78 is 0. The summed E-state index contributed by atoms with van der Waals surface area (Å²) in [6.07, 6.45) is 8.63. The number of nitrogens with one attached hydrogen (secondary N) is 2. The lowest BCUT2D eigenvalue weighted by atomic mass is 10.2. The second kappa shape index (κ2) is 7.05. The van der Waals surface area contributed by atoms with E-state index < -0.39 is 0 Å². The molecule has 0 aliphatic heterocycles. The Morgan fingerprint density at radius 2 is 1.08 bits per heavy atom. The van der Waals surface area contributed by atoms with E-state index in [9.17, 15) is 9.59 Å². The van der Waals surface area contributed by atoms with Crippen LogP contribution in [0, 0.1) is 0 Å². The van der Waals surface area contributed by atoms with Crippen LogP contribution in [0.1, 0.15) is 21.0 Å². The number of carbonyl (C=O) groups is 2. The van der Waals surface area contributed by atoms with Crippen molar-refractivity contribution in [1.82, 2.24) is 19.9 Å². The quantitative estimate of drug-likeness (QED) is 0.758. The van der Waals surface area contributed by atoms with Gasteiger partial charge in [0.1, 0.15) is 11.4 Å². The van der Waals surface area contributed by atoms with Crippen molar-refractivity contribution >= 4 is 23.2 Å². The van der Waals surface area contributed by atoms with Crippen LogP contribution in [0.2, 0.25) is 0 Å². The highest BCUT2D eigenvalue weighted by molar-refractivity contribution is 6.04. The number of benzene rings is 1. The molecule has 0 aliphatic rings. The largest absolute Gasteiger partial charge is 0.321 e. The molecule has 1 aromatic carbocycles. The van der Waals surface area contributed by atoms with Gasteiger partial charge in [-0.15, -0.1) is 0 Å². The minimum Gasteiger partial charge on any atom is -0.321 e. The molecule has 118 valence electrons. The van der Waals surface area contributed by atoms with Gasteiger partial charge in [0.15, 0.2) is 0 Å². The van der Waals surface area contributed by atoms with Crippen molar-refractivity contribution in [3.05, 3.63) is 72.8 Å². The van der Waals surface area contributed by atoms with Crippen LogP contribution >= 0.6 is 0 Å². The molecular weight excluding hydrogens is 308 g/mol. The summed E-state index contributed by atoms with van der Waals surface area (Å²) in [7, 11) is 0. The molecule has 0 unspecified atom stereocenters. The molecule has 8 nitrogen and oxygen atoms in total. The minimum absolute atomic E-state index is 0.220. The molecule has 2 heterocycles. The summed E-state index contributed by atoms with van der Waals surface area (Å²) in [4.78, 5) is 39.5. The van der Waals surface area contributed by atoms with Crippen molar-refractivity contribution in [2.75, 3.05) is 10.6 Å². The average molecular weight is 320 g/mol. The normalized spacial score (nSPS) is 10.0. The van der Waals surface area contributed by atoms with Crippen molar-refractivity contribution in [2.45, 2.75) is 0 Å². The number of amides is 2. The molecule has 0 radical (unpaired) electrons. The molecule has 3 aromatic rings. The fraction of sp³-hybridized carbons (Fsp3) is 0. The Bertz CT molecular complexity index is 765. The highest BCUT2D eigenvalue weighted by atomic mass is 16.2. The zero-order valence-electron chi connectivity index (χ0n) is 12.4. The lowest BCUT2D eigenvalue weighted by molar-refractivity contribution is 0.101. The molecule has 0 spiro atoms. The van der Waals surface area contributed by atoms with Gasteiger partial charge in [0.25, 0.3) is 11.8 Å². The van der Waals surface area contributed by atoms with E-state index in [1.807, 2.05) is 0 Å². The van der Waals surface area contributed by atoms with Crippen LogP contribution in [0.3, 0.4) is 0 Å². The van der Waals surface area contributed by atoms with Crippen molar-refractivity contribution in [1.29, 1.82) is 0 Å². The van der Waals surface area contributed by atoms with E-state index in [1.54, 1.807) is 24.3 Å². The second-order valence-electron chi connectivity index (χ2n) is 4.67. The summed E-state index contributed by atoms with van der Waals surface area (Å²) in [6.45, 7) is 0. The Labute approximate surface area is 137 Å². The maximum Gasteiger partial charge on any atom is 0.275 e. The number of carbonyl (C=O) groups excluding carboxylic acids is 2. The summed E-state index contributed by atoms with van der Waals surface area (Å²) in [5, 5.41) is 5.39. The zero-order chi connectivity index (χ0) is 16.8. The maximum absolute atomic E-state index is 12.0. The average Bonchev–Trinajstić information content (AvgIpc) is 2.65. The summed E-state index contributed by atoms with van der Waals surface area (Å²) >= 11 is 0. The lowest BCUT2D eigenvalue weighted by Crippen LogP contribution is -2.15. The second-order valence-corrected chi connectivity index (χ2v) is 4.67. The van der Waals surface area contributed by atoms with Gasteiger partial charge in [-0.1, -0.05) is 0 Å². The molecule has 2 amide bonds. The van der Waals surface area contributed by atoms with Gasteiger partial charge in [0, 0.05) is 36.2 Å². The third kappa shape index (κ3) is 3.74. The molecule has 0 saturated carbocycles. The third-order valence-electron chi connectivity index (χ3n) is 2.99. The van der Waals surface area contributed by atoms with Crippen LogP contribution < -0.4 is 10.6 Å². The predicted octanol–water partition coefficient (Wildman–Crippen LogP) is 1.77. The fourth-order valence-corrected chi connectivity index (χ4v) is 1.86. The first-order valence-corrected chi connectivity index (χ1v) is 6.97. The van der Waals surface area contributed by atoms with Gasteiger partial charge in [-0.3, -0.25) is 19.6 Å². The number of nitrogens with zero attached hydrogens (tertiary/aromatic N) is 4. The van der Waals surface area contributed by atoms with E-state index >= 15 is 0 Å². The van der Waals surface area contributed by atoms with Gasteiger partial charge >= 0.3 is 0 Å². The molecule has 0 fully saturated rings. The van der Waals surface area contributed by atoms with Crippen molar-refractivity contribution in [3.63, 3.8) is 0 Å². The molecule has 0 aliphatic carbocycles. The van der Waals surface area contributed by atoms with Gasteiger partial charge in [0.05, 0.1) is 12.4 Å². The van der Waals surface area contributed by atoms with Crippen LogP contribution in [0.5, 0.6) is 0 Å². The number of anilines is 2. The standard InChI is InChI=1S/C16H12N6O2/c23-15(13-9-17-5-7-19-13)21-11-1-2-12(4-3-11)22-16(24)14-10-18-6-8-20-14/h1-10H,(H,21,23)(H,22,24). The summed E-state index contributed by atoms with van der Waals surface area (Å²) in [5.41, 5.74) is 1.58. The van der Waals surface area contributed by atoms with Crippen LogP contribution in [-0.4, -0.2) is 31.8 Å². The number of hydrogen-bond donors (Lipinski definition) is 2. The molecular formula is C16H12N6O2. The zero-order valence-corrected chi connectivity index (χ0v) is 12.4. The smallest absolute Gasteiger partial charge is 0.275 e. The number of aromatic nitrogens is 4. The molecule has 2 aromatic heterocycles. The van der Waals surface area contributed by atoms with E-state index in [0.717, 1.165) is 0 Å². The molecule has 0 saturated heterocycles. The van der Waals surface area contributed by atoms with Crippen LogP contribution in [-0.2, 0) is 0 Å². The van der Waals surface area contributed by atoms with Gasteiger partial charge in [0.2, 0.25) is 0 Å². The Hall–Kier alpha value is -3.68. The highest BCUT2D eigenvalue weighted by Crippen LogP contribution is 2.15. The van der Waals surface area contributed by atoms with Gasteiger partial charge in [-0.2, -0.15) is 0 Å². The van der Waals surface area contributed by atoms with Gasteiger partial charge < -0.3 is 10.6 Å². The maximum atomic E-state index is 12.0.